The molecule has 0 aliphatic heterocycles. The van der Waals surface area contributed by atoms with Gasteiger partial charge in [-0.3, -0.25) is 0 Å². The first kappa shape index (κ1) is 15.5. The van der Waals surface area contributed by atoms with Gasteiger partial charge in [0.2, 0.25) is 0 Å². The SMILES string of the molecule is CCc1nc(CCNC(=O)NCC(O)c2ccco2)cs1. The van der Waals surface area contributed by atoms with Gasteiger partial charge in [-0.15, -0.1) is 11.3 Å². The van der Waals surface area contributed by atoms with Crippen LogP contribution in [0.4, 0.5) is 4.79 Å². The second-order valence-electron chi connectivity index (χ2n) is 4.50. The van der Waals surface area contributed by atoms with Gasteiger partial charge in [-0.2, -0.15) is 0 Å². The number of amides is 2. The highest BCUT2D eigenvalue weighted by atomic mass is 32.1. The summed E-state index contributed by atoms with van der Waals surface area (Å²) < 4.78 is 5.05. The highest BCUT2D eigenvalue weighted by Gasteiger charge is 2.11. The molecule has 2 amide bonds. The summed E-state index contributed by atoms with van der Waals surface area (Å²) in [5, 5.41) is 18.2. The molecular formula is C14H19N3O3S. The quantitative estimate of drug-likeness (QED) is 0.728. The number of hydrogen-bond donors (Lipinski definition) is 3. The van der Waals surface area contributed by atoms with Crippen molar-refractivity contribution in [2.24, 2.45) is 0 Å². The third-order valence-corrected chi connectivity index (χ3v) is 3.94. The minimum Gasteiger partial charge on any atom is -0.467 e. The van der Waals surface area contributed by atoms with Gasteiger partial charge in [-0.25, -0.2) is 9.78 Å². The van der Waals surface area contributed by atoms with Gasteiger partial charge in [0, 0.05) is 18.3 Å². The Balaban J connectivity index is 1.63. The molecule has 1 atom stereocenters. The standard InChI is InChI=1S/C14H19N3O3S/c1-2-13-17-10(9-21-13)5-6-15-14(19)16-8-11(18)12-4-3-7-20-12/h3-4,7,9,11,18H,2,5-6,8H2,1H3,(H2,15,16,19). The zero-order valence-corrected chi connectivity index (χ0v) is 12.7. The van der Waals surface area contributed by atoms with E-state index in [2.05, 4.69) is 22.5 Å². The van der Waals surface area contributed by atoms with E-state index in [9.17, 15) is 9.90 Å². The summed E-state index contributed by atoms with van der Waals surface area (Å²) in [6.07, 6.45) is 2.28. The van der Waals surface area contributed by atoms with Crippen molar-refractivity contribution in [3.05, 3.63) is 40.2 Å². The number of aliphatic hydroxyl groups is 1. The van der Waals surface area contributed by atoms with Crippen LogP contribution in [0.1, 0.15) is 29.5 Å². The number of aryl methyl sites for hydroxylation is 1. The lowest BCUT2D eigenvalue weighted by molar-refractivity contribution is 0.148. The van der Waals surface area contributed by atoms with Crippen molar-refractivity contribution in [2.75, 3.05) is 13.1 Å². The second kappa shape index (κ2) is 7.80. The number of carbonyl (C=O) groups excluding carboxylic acids is 1. The summed E-state index contributed by atoms with van der Waals surface area (Å²) in [7, 11) is 0. The smallest absolute Gasteiger partial charge is 0.314 e. The Labute approximate surface area is 127 Å². The average Bonchev–Trinajstić information content (AvgIpc) is 3.16. The van der Waals surface area contributed by atoms with Crippen molar-refractivity contribution in [3.63, 3.8) is 0 Å². The molecule has 6 nitrogen and oxygen atoms in total. The van der Waals surface area contributed by atoms with E-state index in [1.165, 1.54) is 6.26 Å². The molecule has 2 rings (SSSR count). The number of rotatable bonds is 7. The van der Waals surface area contributed by atoms with E-state index in [1.54, 1.807) is 23.5 Å². The summed E-state index contributed by atoms with van der Waals surface area (Å²) in [6, 6.07) is 3.04. The van der Waals surface area contributed by atoms with Crippen LogP contribution in [0, 0.1) is 0 Å². The van der Waals surface area contributed by atoms with E-state index in [0.29, 0.717) is 18.7 Å². The van der Waals surface area contributed by atoms with Gasteiger partial charge in [0.1, 0.15) is 11.9 Å². The summed E-state index contributed by atoms with van der Waals surface area (Å²) in [5.41, 5.74) is 0.993. The van der Waals surface area contributed by atoms with Crippen LogP contribution in [0.15, 0.2) is 28.2 Å². The molecule has 1 unspecified atom stereocenters. The van der Waals surface area contributed by atoms with E-state index in [0.717, 1.165) is 17.1 Å². The van der Waals surface area contributed by atoms with Crippen molar-refractivity contribution in [1.82, 2.24) is 15.6 Å². The molecule has 7 heteroatoms. The van der Waals surface area contributed by atoms with Gasteiger partial charge in [-0.1, -0.05) is 6.92 Å². The lowest BCUT2D eigenvalue weighted by Gasteiger charge is -2.10. The molecule has 0 spiro atoms. The number of furan rings is 1. The summed E-state index contributed by atoms with van der Waals surface area (Å²) in [4.78, 5) is 16.0. The monoisotopic (exact) mass is 309 g/mol. The molecule has 0 aliphatic rings. The molecule has 0 saturated carbocycles. The maximum Gasteiger partial charge on any atom is 0.314 e. The Kier molecular flexibility index (Phi) is 5.77. The molecule has 0 saturated heterocycles. The molecule has 0 aromatic carbocycles. The van der Waals surface area contributed by atoms with Crippen LogP contribution < -0.4 is 10.6 Å². The minimum absolute atomic E-state index is 0.107. The molecule has 3 N–H and O–H groups in total. The number of nitrogens with one attached hydrogen (secondary N) is 2. The fraction of sp³-hybridized carbons (Fsp3) is 0.429. The molecule has 2 aromatic rings. The largest absolute Gasteiger partial charge is 0.467 e. The Morgan fingerprint density at radius 2 is 2.38 bits per heavy atom. The third-order valence-electron chi connectivity index (χ3n) is 2.90. The Hall–Kier alpha value is -1.86. The van der Waals surface area contributed by atoms with Crippen LogP contribution in [-0.2, 0) is 12.8 Å². The Morgan fingerprint density at radius 1 is 1.52 bits per heavy atom. The normalized spacial score (nSPS) is 12.1. The first-order chi connectivity index (χ1) is 10.2. The molecule has 2 aromatic heterocycles. The van der Waals surface area contributed by atoms with Crippen molar-refractivity contribution >= 4 is 17.4 Å². The van der Waals surface area contributed by atoms with Crippen LogP contribution in [0.3, 0.4) is 0 Å². The first-order valence-electron chi connectivity index (χ1n) is 6.85. The lowest BCUT2D eigenvalue weighted by atomic mass is 10.3. The van der Waals surface area contributed by atoms with Gasteiger partial charge in [-0.05, 0) is 18.6 Å². The van der Waals surface area contributed by atoms with Gasteiger partial charge in [0.05, 0.1) is 23.5 Å². The Morgan fingerprint density at radius 3 is 3.05 bits per heavy atom. The molecule has 2 heterocycles. The zero-order valence-electron chi connectivity index (χ0n) is 11.8. The van der Waals surface area contributed by atoms with Gasteiger partial charge < -0.3 is 20.2 Å². The summed E-state index contributed by atoms with van der Waals surface area (Å²) in [5.74, 6) is 0.435. The van der Waals surface area contributed by atoms with E-state index in [1.807, 2.05) is 5.38 Å². The van der Waals surface area contributed by atoms with Crippen LogP contribution in [0.5, 0.6) is 0 Å². The molecule has 0 aliphatic carbocycles. The number of aromatic nitrogens is 1. The molecule has 0 fully saturated rings. The fourth-order valence-electron chi connectivity index (χ4n) is 1.76. The first-order valence-corrected chi connectivity index (χ1v) is 7.73. The Bertz CT molecular complexity index is 554. The van der Waals surface area contributed by atoms with Crippen molar-refractivity contribution in [3.8, 4) is 0 Å². The van der Waals surface area contributed by atoms with Crippen molar-refractivity contribution < 1.29 is 14.3 Å². The van der Waals surface area contributed by atoms with Crippen molar-refractivity contribution in [1.29, 1.82) is 0 Å². The molecule has 114 valence electrons. The molecular weight excluding hydrogens is 290 g/mol. The highest BCUT2D eigenvalue weighted by molar-refractivity contribution is 7.09. The minimum atomic E-state index is -0.837. The van der Waals surface area contributed by atoms with Crippen LogP contribution in [0.2, 0.25) is 0 Å². The maximum atomic E-state index is 11.6. The number of carbonyl (C=O) groups is 1. The van der Waals surface area contributed by atoms with Crippen LogP contribution in [-0.4, -0.2) is 29.2 Å². The van der Waals surface area contributed by atoms with Crippen LogP contribution in [0.25, 0.3) is 0 Å². The molecule has 21 heavy (non-hydrogen) atoms. The second-order valence-corrected chi connectivity index (χ2v) is 5.45. The fourth-order valence-corrected chi connectivity index (χ4v) is 2.54. The predicted molar refractivity (Wildman–Crippen MR) is 80.3 cm³/mol. The van der Waals surface area contributed by atoms with E-state index >= 15 is 0 Å². The van der Waals surface area contributed by atoms with E-state index < -0.39 is 6.10 Å². The zero-order chi connectivity index (χ0) is 15.1. The van der Waals surface area contributed by atoms with E-state index in [-0.39, 0.29) is 12.6 Å². The van der Waals surface area contributed by atoms with Crippen LogP contribution >= 0.6 is 11.3 Å². The van der Waals surface area contributed by atoms with Crippen molar-refractivity contribution in [2.45, 2.75) is 25.9 Å². The van der Waals surface area contributed by atoms with Gasteiger partial charge >= 0.3 is 6.03 Å². The molecule has 0 radical (unpaired) electrons. The third kappa shape index (κ3) is 4.87. The number of thiazole rings is 1. The number of aliphatic hydroxyl groups excluding tert-OH is 1. The van der Waals surface area contributed by atoms with E-state index in [4.69, 9.17) is 4.42 Å². The molecule has 0 bridgehead atoms. The summed E-state index contributed by atoms with van der Waals surface area (Å²) >= 11 is 1.64. The highest BCUT2D eigenvalue weighted by Crippen LogP contribution is 2.11. The van der Waals surface area contributed by atoms with Gasteiger partial charge in [0.15, 0.2) is 0 Å². The van der Waals surface area contributed by atoms with Gasteiger partial charge in [0.25, 0.3) is 0 Å². The maximum absolute atomic E-state index is 11.6. The number of nitrogens with zero attached hydrogens (tertiary/aromatic N) is 1. The number of urea groups is 1. The predicted octanol–water partition coefficient (Wildman–Crippen LogP) is 1.87. The lowest BCUT2D eigenvalue weighted by Crippen LogP contribution is -2.38. The topological polar surface area (TPSA) is 87.4 Å². The number of hydrogen-bond acceptors (Lipinski definition) is 5. The summed E-state index contributed by atoms with van der Waals surface area (Å²) in [6.45, 7) is 2.68. The average molecular weight is 309 g/mol.